The van der Waals surface area contributed by atoms with Gasteiger partial charge >= 0.3 is 5.69 Å². The standard InChI is InChI=1S/C11H17N5O3/c1-3-8-10(16(18)19)11(15(2)14-8)12-6-9(17)13-7-4-5-7/h7,12H,3-6H2,1-2H3,(H,13,17). The third-order valence-corrected chi connectivity index (χ3v) is 2.97. The summed E-state index contributed by atoms with van der Waals surface area (Å²) in [7, 11) is 1.62. The Morgan fingerprint density at radius 2 is 2.26 bits per heavy atom. The lowest BCUT2D eigenvalue weighted by Crippen LogP contribution is -2.31. The third-order valence-electron chi connectivity index (χ3n) is 2.97. The number of hydrogen-bond donors (Lipinski definition) is 2. The number of nitrogens with zero attached hydrogens (tertiary/aromatic N) is 3. The average molecular weight is 267 g/mol. The quantitative estimate of drug-likeness (QED) is 0.580. The Labute approximate surface area is 110 Å². The Morgan fingerprint density at radius 1 is 1.58 bits per heavy atom. The number of nitrogens with one attached hydrogen (secondary N) is 2. The molecule has 2 rings (SSSR count). The molecule has 104 valence electrons. The summed E-state index contributed by atoms with van der Waals surface area (Å²) in [6, 6.07) is 0.280. The van der Waals surface area contributed by atoms with E-state index in [4.69, 9.17) is 0 Å². The van der Waals surface area contributed by atoms with Gasteiger partial charge in [0, 0.05) is 13.1 Å². The molecule has 0 aromatic carbocycles. The van der Waals surface area contributed by atoms with E-state index in [0.29, 0.717) is 12.1 Å². The summed E-state index contributed by atoms with van der Waals surface area (Å²) >= 11 is 0. The lowest BCUT2D eigenvalue weighted by Gasteiger charge is -2.06. The van der Waals surface area contributed by atoms with Gasteiger partial charge in [-0.05, 0) is 19.3 Å². The lowest BCUT2D eigenvalue weighted by molar-refractivity contribution is -0.384. The molecule has 8 nitrogen and oxygen atoms in total. The number of nitro groups is 1. The third kappa shape index (κ3) is 3.01. The number of carbonyl (C=O) groups excluding carboxylic acids is 1. The van der Waals surface area contributed by atoms with Gasteiger partial charge in [-0.15, -0.1) is 0 Å². The van der Waals surface area contributed by atoms with E-state index < -0.39 is 4.92 Å². The number of carbonyl (C=O) groups is 1. The van der Waals surface area contributed by atoms with E-state index in [2.05, 4.69) is 15.7 Å². The van der Waals surface area contributed by atoms with Crippen molar-refractivity contribution in [3.8, 4) is 0 Å². The van der Waals surface area contributed by atoms with Crippen LogP contribution in [0.5, 0.6) is 0 Å². The van der Waals surface area contributed by atoms with Crippen molar-refractivity contribution in [2.45, 2.75) is 32.2 Å². The first-order chi connectivity index (χ1) is 9.02. The Morgan fingerprint density at radius 3 is 2.79 bits per heavy atom. The van der Waals surface area contributed by atoms with E-state index in [1.54, 1.807) is 14.0 Å². The van der Waals surface area contributed by atoms with Crippen molar-refractivity contribution in [3.63, 3.8) is 0 Å². The van der Waals surface area contributed by atoms with Crippen molar-refractivity contribution in [2.24, 2.45) is 7.05 Å². The molecule has 1 aliphatic carbocycles. The minimum Gasteiger partial charge on any atom is -0.355 e. The number of aromatic nitrogens is 2. The molecule has 0 aliphatic heterocycles. The number of hydrogen-bond acceptors (Lipinski definition) is 5. The molecule has 0 atom stereocenters. The van der Waals surface area contributed by atoms with E-state index in [9.17, 15) is 14.9 Å². The van der Waals surface area contributed by atoms with Gasteiger partial charge in [0.2, 0.25) is 11.7 Å². The molecule has 1 amide bonds. The maximum atomic E-state index is 11.6. The summed E-state index contributed by atoms with van der Waals surface area (Å²) in [5.74, 6) is 0.115. The first-order valence-electron chi connectivity index (χ1n) is 6.26. The fraction of sp³-hybridized carbons (Fsp3) is 0.636. The van der Waals surface area contributed by atoms with Gasteiger partial charge in [-0.2, -0.15) is 5.10 Å². The summed E-state index contributed by atoms with van der Waals surface area (Å²) in [5, 5.41) is 20.8. The molecule has 1 fully saturated rings. The predicted octanol–water partition coefficient (Wildman–Crippen LogP) is 0.581. The van der Waals surface area contributed by atoms with Gasteiger partial charge in [-0.3, -0.25) is 14.9 Å². The molecule has 0 bridgehead atoms. The van der Waals surface area contributed by atoms with Crippen molar-refractivity contribution in [1.82, 2.24) is 15.1 Å². The summed E-state index contributed by atoms with van der Waals surface area (Å²) in [5.41, 5.74) is 0.363. The zero-order valence-electron chi connectivity index (χ0n) is 11.0. The lowest BCUT2D eigenvalue weighted by atomic mass is 10.3. The normalized spacial score (nSPS) is 14.2. The maximum absolute atomic E-state index is 11.6. The van der Waals surface area contributed by atoms with Crippen molar-refractivity contribution in [1.29, 1.82) is 0 Å². The highest BCUT2D eigenvalue weighted by Gasteiger charge is 2.27. The SMILES string of the molecule is CCc1nn(C)c(NCC(=O)NC2CC2)c1[N+](=O)[O-]. The molecule has 0 unspecified atom stereocenters. The first kappa shape index (κ1) is 13.3. The average Bonchev–Trinajstić information content (AvgIpc) is 3.09. The summed E-state index contributed by atoms with van der Waals surface area (Å²) in [6.45, 7) is 1.82. The Hall–Kier alpha value is -2.12. The molecular formula is C11H17N5O3. The summed E-state index contributed by atoms with van der Waals surface area (Å²) < 4.78 is 1.40. The molecule has 1 aromatic heterocycles. The van der Waals surface area contributed by atoms with E-state index in [-0.39, 0.29) is 30.0 Å². The van der Waals surface area contributed by atoms with Crippen molar-refractivity contribution in [2.75, 3.05) is 11.9 Å². The van der Waals surface area contributed by atoms with Gasteiger partial charge in [0.15, 0.2) is 0 Å². The molecule has 8 heteroatoms. The largest absolute Gasteiger partial charge is 0.355 e. The minimum atomic E-state index is -0.465. The minimum absolute atomic E-state index is 0.0139. The zero-order chi connectivity index (χ0) is 14.0. The number of aryl methyl sites for hydroxylation is 2. The van der Waals surface area contributed by atoms with E-state index in [1.807, 2.05) is 0 Å². The molecule has 2 N–H and O–H groups in total. The number of anilines is 1. The number of amides is 1. The first-order valence-corrected chi connectivity index (χ1v) is 6.26. The molecule has 0 spiro atoms. The van der Waals surface area contributed by atoms with Gasteiger partial charge in [0.05, 0.1) is 11.5 Å². The van der Waals surface area contributed by atoms with Crippen LogP contribution in [0.4, 0.5) is 11.5 Å². The van der Waals surface area contributed by atoms with E-state index in [1.165, 1.54) is 4.68 Å². The Kier molecular flexibility index (Phi) is 3.68. The molecule has 0 saturated heterocycles. The van der Waals surface area contributed by atoms with Crippen molar-refractivity contribution >= 4 is 17.4 Å². The van der Waals surface area contributed by atoms with Crippen LogP contribution in [0.3, 0.4) is 0 Å². The van der Waals surface area contributed by atoms with Crippen LogP contribution in [-0.4, -0.2) is 33.2 Å². The van der Waals surface area contributed by atoms with Gasteiger partial charge in [0.25, 0.3) is 0 Å². The van der Waals surface area contributed by atoms with Crippen LogP contribution in [0, 0.1) is 10.1 Å². The molecule has 19 heavy (non-hydrogen) atoms. The highest BCUT2D eigenvalue weighted by Crippen LogP contribution is 2.28. The molecule has 1 aromatic rings. The molecule has 1 heterocycles. The van der Waals surface area contributed by atoms with Crippen LogP contribution < -0.4 is 10.6 Å². The second kappa shape index (κ2) is 5.25. The van der Waals surface area contributed by atoms with Gasteiger partial charge < -0.3 is 10.6 Å². The van der Waals surface area contributed by atoms with Crippen LogP contribution in [0.15, 0.2) is 0 Å². The Balaban J connectivity index is 2.07. The fourth-order valence-corrected chi connectivity index (χ4v) is 1.87. The second-order valence-electron chi connectivity index (χ2n) is 4.57. The Bertz CT molecular complexity index is 507. The van der Waals surface area contributed by atoms with Crippen LogP contribution in [-0.2, 0) is 18.3 Å². The van der Waals surface area contributed by atoms with E-state index >= 15 is 0 Å². The second-order valence-corrected chi connectivity index (χ2v) is 4.57. The highest BCUT2D eigenvalue weighted by molar-refractivity contribution is 5.81. The summed E-state index contributed by atoms with van der Waals surface area (Å²) in [6.07, 6.45) is 2.50. The molecular weight excluding hydrogens is 250 g/mol. The summed E-state index contributed by atoms with van der Waals surface area (Å²) in [4.78, 5) is 22.2. The molecule has 0 radical (unpaired) electrons. The van der Waals surface area contributed by atoms with Crippen LogP contribution in [0.2, 0.25) is 0 Å². The van der Waals surface area contributed by atoms with Gasteiger partial charge in [-0.1, -0.05) is 6.92 Å². The van der Waals surface area contributed by atoms with Gasteiger partial charge in [0.1, 0.15) is 5.69 Å². The monoisotopic (exact) mass is 267 g/mol. The number of rotatable bonds is 6. The van der Waals surface area contributed by atoms with Gasteiger partial charge in [-0.25, -0.2) is 4.68 Å². The zero-order valence-corrected chi connectivity index (χ0v) is 11.0. The predicted molar refractivity (Wildman–Crippen MR) is 68.9 cm³/mol. The fourth-order valence-electron chi connectivity index (χ4n) is 1.87. The van der Waals surface area contributed by atoms with Crippen LogP contribution in [0.1, 0.15) is 25.5 Å². The van der Waals surface area contributed by atoms with Crippen LogP contribution in [0.25, 0.3) is 0 Å². The van der Waals surface area contributed by atoms with E-state index in [0.717, 1.165) is 12.8 Å². The highest BCUT2D eigenvalue weighted by atomic mass is 16.6. The van der Waals surface area contributed by atoms with Crippen molar-refractivity contribution < 1.29 is 9.72 Å². The van der Waals surface area contributed by atoms with Crippen molar-refractivity contribution in [3.05, 3.63) is 15.8 Å². The van der Waals surface area contributed by atoms with Crippen LogP contribution >= 0.6 is 0 Å². The molecule has 1 saturated carbocycles. The topological polar surface area (TPSA) is 102 Å². The molecule has 1 aliphatic rings. The smallest absolute Gasteiger partial charge is 0.333 e. The maximum Gasteiger partial charge on any atom is 0.333 e.